The molecule has 0 atom stereocenters. The monoisotopic (exact) mass is 410 g/mol. The highest BCUT2D eigenvalue weighted by atomic mass is 15.4. The van der Waals surface area contributed by atoms with E-state index in [0.29, 0.717) is 17.6 Å². The molecule has 4 aromatic rings. The Labute approximate surface area is 181 Å². The van der Waals surface area contributed by atoms with Gasteiger partial charge in [0.25, 0.3) is 5.78 Å². The fourth-order valence-corrected chi connectivity index (χ4v) is 4.45. The molecule has 0 radical (unpaired) electrons. The van der Waals surface area contributed by atoms with Gasteiger partial charge in [0.05, 0.1) is 11.3 Å². The third-order valence-electron chi connectivity index (χ3n) is 6.55. The lowest BCUT2D eigenvalue weighted by Crippen LogP contribution is -2.43. The predicted octanol–water partition coefficient (Wildman–Crippen LogP) is 4.68. The van der Waals surface area contributed by atoms with E-state index in [1.54, 1.807) is 0 Å². The number of hydrogen-bond donors (Lipinski definition) is 2. The van der Waals surface area contributed by atoms with Gasteiger partial charge in [-0.2, -0.15) is 9.50 Å². The summed E-state index contributed by atoms with van der Waals surface area (Å²) in [6.07, 6.45) is 5.67. The van der Waals surface area contributed by atoms with Crippen molar-refractivity contribution >= 4 is 11.6 Å². The standard InChI is InChI=1S/C25H26N6/c1-16-27-24-29-22(18-8-10-19(11-9-18)25(26)14-5-15-25)21(17-6-3-2-4-7-17)23(31(24)30-16)28-20-12-13-20/h2-4,6-11,20,28H,5,12-15,26H2,1H3. The van der Waals surface area contributed by atoms with E-state index in [2.05, 4.69) is 63.9 Å². The molecule has 6 heteroatoms. The first kappa shape index (κ1) is 18.5. The molecule has 156 valence electrons. The van der Waals surface area contributed by atoms with Gasteiger partial charge >= 0.3 is 0 Å². The summed E-state index contributed by atoms with van der Waals surface area (Å²) >= 11 is 0. The first-order valence-electron chi connectivity index (χ1n) is 11.1. The summed E-state index contributed by atoms with van der Waals surface area (Å²) < 4.78 is 1.86. The van der Waals surface area contributed by atoms with Crippen LogP contribution in [0.2, 0.25) is 0 Å². The Hall–Kier alpha value is -3.25. The van der Waals surface area contributed by atoms with Crippen molar-refractivity contribution < 1.29 is 0 Å². The first-order chi connectivity index (χ1) is 15.1. The molecule has 0 amide bonds. The minimum atomic E-state index is -0.166. The molecule has 0 unspecified atom stereocenters. The molecule has 3 N–H and O–H groups in total. The Kier molecular flexibility index (Phi) is 4.11. The molecular weight excluding hydrogens is 384 g/mol. The van der Waals surface area contributed by atoms with Crippen LogP contribution in [-0.4, -0.2) is 25.6 Å². The number of nitrogens with zero attached hydrogens (tertiary/aromatic N) is 4. The van der Waals surface area contributed by atoms with E-state index in [1.165, 1.54) is 24.8 Å². The van der Waals surface area contributed by atoms with Gasteiger partial charge in [0.1, 0.15) is 11.6 Å². The third-order valence-corrected chi connectivity index (χ3v) is 6.55. The maximum atomic E-state index is 6.55. The van der Waals surface area contributed by atoms with E-state index < -0.39 is 0 Å². The minimum Gasteiger partial charge on any atom is -0.367 e. The first-order valence-corrected chi connectivity index (χ1v) is 11.1. The summed E-state index contributed by atoms with van der Waals surface area (Å²) in [6.45, 7) is 1.91. The Morgan fingerprint density at radius 3 is 2.35 bits per heavy atom. The summed E-state index contributed by atoms with van der Waals surface area (Å²) in [5.41, 5.74) is 11.7. The van der Waals surface area contributed by atoms with E-state index in [4.69, 9.17) is 10.7 Å². The summed E-state index contributed by atoms with van der Waals surface area (Å²) in [7, 11) is 0. The molecule has 2 fully saturated rings. The van der Waals surface area contributed by atoms with Crippen molar-refractivity contribution in [3.8, 4) is 22.4 Å². The Morgan fingerprint density at radius 1 is 0.968 bits per heavy atom. The van der Waals surface area contributed by atoms with E-state index in [9.17, 15) is 0 Å². The van der Waals surface area contributed by atoms with Gasteiger partial charge in [0.15, 0.2) is 0 Å². The average Bonchev–Trinajstić information content (AvgIpc) is 3.51. The molecule has 2 aromatic carbocycles. The van der Waals surface area contributed by atoms with Gasteiger partial charge in [-0.15, -0.1) is 5.10 Å². The van der Waals surface area contributed by atoms with E-state index in [0.717, 1.165) is 41.0 Å². The topological polar surface area (TPSA) is 81.1 Å². The molecule has 0 aliphatic heterocycles. The summed E-state index contributed by atoms with van der Waals surface area (Å²) in [5.74, 6) is 2.30. The number of rotatable bonds is 5. The van der Waals surface area contributed by atoms with Gasteiger partial charge in [-0.1, -0.05) is 54.6 Å². The molecule has 31 heavy (non-hydrogen) atoms. The van der Waals surface area contributed by atoms with E-state index in [1.807, 2.05) is 17.5 Å². The average molecular weight is 411 g/mol. The van der Waals surface area contributed by atoms with Crippen LogP contribution in [0.5, 0.6) is 0 Å². The second-order valence-corrected chi connectivity index (χ2v) is 8.93. The molecule has 2 saturated carbocycles. The van der Waals surface area contributed by atoms with Crippen molar-refractivity contribution in [1.29, 1.82) is 0 Å². The molecule has 2 aliphatic carbocycles. The molecule has 2 heterocycles. The SMILES string of the molecule is Cc1nc2nc(-c3ccc(C4(N)CCC4)cc3)c(-c3ccccc3)c(NC3CC3)n2n1. The van der Waals surface area contributed by atoms with Crippen LogP contribution in [-0.2, 0) is 5.54 Å². The number of aryl methyl sites for hydroxylation is 1. The zero-order valence-corrected chi connectivity index (χ0v) is 17.7. The van der Waals surface area contributed by atoms with Crippen LogP contribution >= 0.6 is 0 Å². The smallest absolute Gasteiger partial charge is 0.254 e. The zero-order valence-electron chi connectivity index (χ0n) is 17.7. The van der Waals surface area contributed by atoms with Crippen LogP contribution in [0.25, 0.3) is 28.2 Å². The van der Waals surface area contributed by atoms with E-state index >= 15 is 0 Å². The zero-order chi connectivity index (χ0) is 21.0. The molecule has 0 spiro atoms. The van der Waals surface area contributed by atoms with Gasteiger partial charge in [0, 0.05) is 17.1 Å². The third kappa shape index (κ3) is 3.18. The highest BCUT2D eigenvalue weighted by Crippen LogP contribution is 2.41. The molecule has 6 rings (SSSR count). The maximum absolute atomic E-state index is 6.55. The molecule has 2 aromatic heterocycles. The van der Waals surface area contributed by atoms with Gasteiger partial charge in [0.2, 0.25) is 0 Å². The summed E-state index contributed by atoms with van der Waals surface area (Å²) in [4.78, 5) is 9.56. The van der Waals surface area contributed by atoms with Crippen LogP contribution in [0, 0.1) is 6.92 Å². The number of fused-ring (bicyclic) bond motifs is 1. The lowest BCUT2D eigenvalue weighted by molar-refractivity contribution is 0.253. The van der Waals surface area contributed by atoms with Crippen molar-refractivity contribution in [2.75, 3.05) is 5.32 Å². The minimum absolute atomic E-state index is 0.166. The van der Waals surface area contributed by atoms with Crippen LogP contribution in [0.4, 0.5) is 5.82 Å². The Balaban J connectivity index is 1.57. The van der Waals surface area contributed by atoms with Crippen LogP contribution in [0.3, 0.4) is 0 Å². The number of nitrogens with one attached hydrogen (secondary N) is 1. The molecule has 6 nitrogen and oxygen atoms in total. The number of benzene rings is 2. The normalized spacial score (nSPS) is 17.5. The summed E-state index contributed by atoms with van der Waals surface area (Å²) in [6, 6.07) is 19.5. The second-order valence-electron chi connectivity index (χ2n) is 8.93. The fourth-order valence-electron chi connectivity index (χ4n) is 4.45. The molecule has 0 saturated heterocycles. The van der Waals surface area contributed by atoms with Gasteiger partial charge in [-0.05, 0) is 50.2 Å². The fraction of sp³-hybridized carbons (Fsp3) is 0.320. The van der Waals surface area contributed by atoms with Crippen LogP contribution in [0.1, 0.15) is 43.5 Å². The lowest BCUT2D eigenvalue weighted by atomic mass is 9.72. The Bertz CT molecular complexity index is 1250. The molecule has 2 aliphatic rings. The van der Waals surface area contributed by atoms with Crippen molar-refractivity contribution in [2.45, 2.75) is 50.6 Å². The lowest BCUT2D eigenvalue weighted by Gasteiger charge is -2.38. The highest BCUT2D eigenvalue weighted by Gasteiger charge is 2.34. The number of hydrogen-bond acceptors (Lipinski definition) is 5. The molecular formula is C25H26N6. The number of anilines is 1. The van der Waals surface area contributed by atoms with Crippen molar-refractivity contribution in [2.24, 2.45) is 5.73 Å². The highest BCUT2D eigenvalue weighted by molar-refractivity contribution is 5.89. The van der Waals surface area contributed by atoms with Crippen molar-refractivity contribution in [3.63, 3.8) is 0 Å². The van der Waals surface area contributed by atoms with Gasteiger partial charge < -0.3 is 11.1 Å². The quantitative estimate of drug-likeness (QED) is 0.499. The van der Waals surface area contributed by atoms with Crippen LogP contribution in [0.15, 0.2) is 54.6 Å². The number of aromatic nitrogens is 4. The maximum Gasteiger partial charge on any atom is 0.254 e. The second kappa shape index (κ2) is 6.89. The molecule has 0 bridgehead atoms. The predicted molar refractivity (Wildman–Crippen MR) is 123 cm³/mol. The van der Waals surface area contributed by atoms with Crippen molar-refractivity contribution in [1.82, 2.24) is 19.6 Å². The Morgan fingerprint density at radius 2 is 1.71 bits per heavy atom. The van der Waals surface area contributed by atoms with Gasteiger partial charge in [-0.3, -0.25) is 0 Å². The van der Waals surface area contributed by atoms with Gasteiger partial charge in [-0.25, -0.2) is 4.98 Å². The van der Waals surface area contributed by atoms with Crippen LogP contribution < -0.4 is 11.1 Å². The largest absolute Gasteiger partial charge is 0.367 e. The number of nitrogens with two attached hydrogens (primary N) is 1. The summed E-state index contributed by atoms with van der Waals surface area (Å²) in [5, 5.41) is 8.35. The van der Waals surface area contributed by atoms with E-state index in [-0.39, 0.29) is 5.54 Å². The van der Waals surface area contributed by atoms with Crippen molar-refractivity contribution in [3.05, 3.63) is 66.0 Å².